The molecular formula is C16H20BNO3. The van der Waals surface area contributed by atoms with E-state index in [0.29, 0.717) is 12.8 Å². The zero-order valence-electron chi connectivity index (χ0n) is 12.2. The summed E-state index contributed by atoms with van der Waals surface area (Å²) >= 11 is 0. The molecule has 2 radical (unpaired) electrons. The lowest BCUT2D eigenvalue weighted by Crippen LogP contribution is -2.37. The first-order valence-electron chi connectivity index (χ1n) is 7.06. The van der Waals surface area contributed by atoms with E-state index in [2.05, 4.69) is 13.9 Å². The van der Waals surface area contributed by atoms with Crippen LogP contribution in [0.4, 0.5) is 0 Å². The summed E-state index contributed by atoms with van der Waals surface area (Å²) in [5, 5.41) is 29.1. The molecule has 1 aliphatic carbocycles. The topological polar surface area (TPSA) is 81.3 Å². The van der Waals surface area contributed by atoms with Gasteiger partial charge in [-0.1, -0.05) is 31.4 Å². The highest BCUT2D eigenvalue weighted by atomic mass is 16.3. The van der Waals surface area contributed by atoms with Gasteiger partial charge < -0.3 is 15.0 Å². The molecule has 0 saturated heterocycles. The van der Waals surface area contributed by atoms with E-state index in [-0.39, 0.29) is 11.4 Å². The molecule has 2 N–H and O–H groups in total. The number of hydrogen-bond donors (Lipinski definition) is 2. The minimum Gasteiger partial charge on any atom is -0.508 e. The van der Waals surface area contributed by atoms with Crippen LogP contribution in [0.25, 0.3) is 0 Å². The molecule has 0 aromatic heterocycles. The number of aliphatic hydroxyl groups is 1. The zero-order chi connectivity index (χ0) is 15.9. The van der Waals surface area contributed by atoms with Gasteiger partial charge in [-0.15, -0.1) is 0 Å². The lowest BCUT2D eigenvalue weighted by molar-refractivity contribution is -0.109. The van der Waals surface area contributed by atoms with Crippen molar-refractivity contribution in [2.24, 2.45) is 0 Å². The number of rotatable bonds is 2. The van der Waals surface area contributed by atoms with E-state index in [0.717, 1.165) is 24.8 Å². The Bertz CT molecular complexity index is 497. The van der Waals surface area contributed by atoms with Gasteiger partial charge in [-0.05, 0) is 37.5 Å². The first kappa shape index (κ1) is 17.3. The summed E-state index contributed by atoms with van der Waals surface area (Å²) < 4.78 is 0. The highest BCUT2D eigenvalue weighted by Gasteiger charge is 2.38. The Morgan fingerprint density at radius 3 is 2.19 bits per heavy atom. The van der Waals surface area contributed by atoms with Crippen LogP contribution in [-0.2, 0) is 4.79 Å². The van der Waals surface area contributed by atoms with Crippen molar-refractivity contribution >= 4 is 13.5 Å². The Labute approximate surface area is 126 Å². The number of phenolic OH excluding ortho intramolecular Hbond substituents is 1. The smallest absolute Gasteiger partial charge is 0.167 e. The van der Waals surface area contributed by atoms with Crippen molar-refractivity contribution in [2.75, 3.05) is 0 Å². The monoisotopic (exact) mass is 285 g/mol. The van der Waals surface area contributed by atoms with E-state index in [1.54, 1.807) is 24.3 Å². The van der Waals surface area contributed by atoms with Gasteiger partial charge in [0.15, 0.2) is 7.85 Å². The molecule has 0 heterocycles. The standard InChI is InChI=1S/C14H17NO2.C2H3BO/c15-10-13(11-4-6-12(16)7-5-11)14(17)8-2-1-3-9-14;1-2(3)4/h4-7,13,16-17H,1-3,8-9H2;1H3. The molecule has 2 rings (SSSR count). The molecule has 0 bridgehead atoms. The minimum atomic E-state index is -0.899. The average molecular weight is 285 g/mol. The lowest BCUT2D eigenvalue weighted by Gasteiger charge is -2.36. The first-order chi connectivity index (χ1) is 9.89. The molecule has 1 aromatic carbocycles. The van der Waals surface area contributed by atoms with Crippen molar-refractivity contribution in [2.45, 2.75) is 50.5 Å². The molecule has 0 amide bonds. The van der Waals surface area contributed by atoms with E-state index in [9.17, 15) is 20.3 Å². The van der Waals surface area contributed by atoms with Gasteiger partial charge in [-0.2, -0.15) is 5.26 Å². The number of nitriles is 1. The number of phenols is 1. The molecule has 1 atom stereocenters. The second-order valence-corrected chi connectivity index (χ2v) is 5.43. The van der Waals surface area contributed by atoms with Crippen LogP contribution in [0.5, 0.6) is 5.75 Å². The maximum Gasteiger partial charge on any atom is 0.167 e. The summed E-state index contributed by atoms with van der Waals surface area (Å²) in [5.41, 5.74) is -0.445. The Morgan fingerprint density at radius 2 is 1.76 bits per heavy atom. The second kappa shape index (κ2) is 7.85. The summed E-state index contributed by atoms with van der Waals surface area (Å²) in [6.07, 6.45) is 4.47. The molecule has 1 saturated carbocycles. The average Bonchev–Trinajstić information content (AvgIpc) is 2.42. The molecular weight excluding hydrogens is 265 g/mol. The van der Waals surface area contributed by atoms with Gasteiger partial charge in [0.05, 0.1) is 23.3 Å². The maximum absolute atomic E-state index is 10.6. The molecule has 5 heteroatoms. The molecule has 0 spiro atoms. The van der Waals surface area contributed by atoms with Gasteiger partial charge in [0.1, 0.15) is 5.75 Å². The van der Waals surface area contributed by atoms with Gasteiger partial charge >= 0.3 is 0 Å². The van der Waals surface area contributed by atoms with Crippen LogP contribution in [0, 0.1) is 11.3 Å². The number of hydrogen-bond acceptors (Lipinski definition) is 4. The van der Waals surface area contributed by atoms with Crippen LogP contribution in [0.15, 0.2) is 24.3 Å². The van der Waals surface area contributed by atoms with Crippen molar-refractivity contribution in [3.05, 3.63) is 29.8 Å². The van der Waals surface area contributed by atoms with Gasteiger partial charge in [0, 0.05) is 0 Å². The predicted molar refractivity (Wildman–Crippen MR) is 80.9 cm³/mol. The van der Waals surface area contributed by atoms with Crippen LogP contribution in [0.1, 0.15) is 50.5 Å². The van der Waals surface area contributed by atoms with Gasteiger partial charge in [-0.3, -0.25) is 0 Å². The van der Waals surface area contributed by atoms with Crippen molar-refractivity contribution in [1.29, 1.82) is 5.26 Å². The number of benzene rings is 1. The molecule has 0 aliphatic heterocycles. The van der Waals surface area contributed by atoms with Gasteiger partial charge in [-0.25, -0.2) is 0 Å². The Morgan fingerprint density at radius 1 is 1.29 bits per heavy atom. The first-order valence-corrected chi connectivity index (χ1v) is 7.06. The zero-order valence-corrected chi connectivity index (χ0v) is 12.2. The van der Waals surface area contributed by atoms with Crippen LogP contribution < -0.4 is 0 Å². The summed E-state index contributed by atoms with van der Waals surface area (Å²) in [5.74, 6) is -0.315. The third-order valence-corrected chi connectivity index (χ3v) is 3.61. The van der Waals surface area contributed by atoms with Crippen molar-refractivity contribution in [3.8, 4) is 11.8 Å². The molecule has 1 aliphatic rings. The summed E-state index contributed by atoms with van der Waals surface area (Å²) in [4.78, 5) is 9.22. The van der Waals surface area contributed by atoms with Crippen LogP contribution in [-0.4, -0.2) is 29.3 Å². The van der Waals surface area contributed by atoms with Crippen molar-refractivity contribution in [1.82, 2.24) is 0 Å². The SMILES string of the molecule is N#CC(c1ccc(O)cc1)C1(O)CCCCC1.[B]C(C)=O. The fourth-order valence-electron chi connectivity index (χ4n) is 2.62. The Kier molecular flexibility index (Phi) is 6.45. The number of carbonyl (C=O) groups excluding carboxylic acids is 1. The second-order valence-electron chi connectivity index (χ2n) is 5.43. The lowest BCUT2D eigenvalue weighted by atomic mass is 9.73. The number of nitrogens with zero attached hydrogens (tertiary/aromatic N) is 1. The number of carbonyl (C=O) groups is 1. The predicted octanol–water partition coefficient (Wildman–Crippen LogP) is 2.40. The fourth-order valence-corrected chi connectivity index (χ4v) is 2.62. The molecule has 4 nitrogen and oxygen atoms in total. The summed E-state index contributed by atoms with van der Waals surface area (Å²) in [6, 6.07) is 8.78. The largest absolute Gasteiger partial charge is 0.508 e. The van der Waals surface area contributed by atoms with Crippen molar-refractivity contribution in [3.63, 3.8) is 0 Å². The summed E-state index contributed by atoms with van der Waals surface area (Å²) in [6.45, 7) is 1.31. The highest BCUT2D eigenvalue weighted by Crippen LogP contribution is 2.39. The van der Waals surface area contributed by atoms with E-state index in [1.807, 2.05) is 0 Å². The molecule has 1 unspecified atom stereocenters. The van der Waals surface area contributed by atoms with Crippen LogP contribution >= 0.6 is 0 Å². The molecule has 21 heavy (non-hydrogen) atoms. The Balaban J connectivity index is 0.000000491. The van der Waals surface area contributed by atoms with Crippen molar-refractivity contribution < 1.29 is 15.0 Å². The van der Waals surface area contributed by atoms with E-state index < -0.39 is 11.5 Å². The third-order valence-electron chi connectivity index (χ3n) is 3.61. The van der Waals surface area contributed by atoms with E-state index in [1.165, 1.54) is 6.92 Å². The normalized spacial score (nSPS) is 17.8. The highest BCUT2D eigenvalue weighted by molar-refractivity contribution is 6.56. The van der Waals surface area contributed by atoms with Gasteiger partial charge in [0.2, 0.25) is 0 Å². The maximum atomic E-state index is 10.6. The molecule has 1 aromatic rings. The minimum absolute atomic E-state index is 0.182. The third kappa shape index (κ3) is 5.24. The van der Waals surface area contributed by atoms with Gasteiger partial charge in [0.25, 0.3) is 0 Å². The molecule has 1 fully saturated rings. The van der Waals surface area contributed by atoms with E-state index in [4.69, 9.17) is 0 Å². The summed E-state index contributed by atoms with van der Waals surface area (Å²) in [7, 11) is 4.47. The van der Waals surface area contributed by atoms with Crippen LogP contribution in [0.2, 0.25) is 0 Å². The Hall–Kier alpha value is -1.80. The van der Waals surface area contributed by atoms with E-state index >= 15 is 0 Å². The fraction of sp³-hybridized carbons (Fsp3) is 0.500. The van der Waals surface area contributed by atoms with Crippen LogP contribution in [0.3, 0.4) is 0 Å². The number of aromatic hydroxyl groups is 1. The molecule has 110 valence electrons. The quantitative estimate of drug-likeness (QED) is 0.817.